The van der Waals surface area contributed by atoms with Crippen LogP contribution in [0.25, 0.3) is 28.1 Å². The predicted molar refractivity (Wildman–Crippen MR) is 122 cm³/mol. The maximum absolute atomic E-state index is 13.6. The van der Waals surface area contributed by atoms with Crippen LogP contribution in [0.1, 0.15) is 48.4 Å². The summed E-state index contributed by atoms with van der Waals surface area (Å²) in [7, 11) is 0. The van der Waals surface area contributed by atoms with E-state index >= 15 is 0 Å². The second-order valence-corrected chi connectivity index (χ2v) is 8.50. The smallest absolute Gasteiger partial charge is 0.305 e. The van der Waals surface area contributed by atoms with E-state index in [-0.39, 0.29) is 12.2 Å². The van der Waals surface area contributed by atoms with Gasteiger partial charge in [0, 0.05) is 28.9 Å². The minimum absolute atomic E-state index is 0.0758. The van der Waals surface area contributed by atoms with Crippen molar-refractivity contribution in [1.29, 1.82) is 0 Å². The molecule has 2 aromatic carbocycles. The Bertz CT molecular complexity index is 1170. The third kappa shape index (κ3) is 5.03. The molecule has 5 nitrogen and oxygen atoms in total. The molecule has 0 amide bonds. The number of aliphatic hydroxyl groups excluding tert-OH is 2. The zero-order valence-corrected chi connectivity index (χ0v) is 17.8. The van der Waals surface area contributed by atoms with E-state index in [2.05, 4.69) is 6.07 Å². The van der Waals surface area contributed by atoms with Crippen LogP contribution in [0.2, 0.25) is 0 Å². The number of carboxylic acids is 1. The van der Waals surface area contributed by atoms with Crippen LogP contribution in [-0.4, -0.2) is 38.5 Å². The number of nitrogens with zero attached hydrogens (tertiary/aromatic N) is 1. The van der Waals surface area contributed by atoms with Gasteiger partial charge in [-0.15, -0.1) is 0 Å². The van der Waals surface area contributed by atoms with Crippen molar-refractivity contribution in [2.24, 2.45) is 0 Å². The molecule has 1 aliphatic carbocycles. The van der Waals surface area contributed by atoms with Crippen molar-refractivity contribution in [2.45, 2.75) is 50.7 Å². The molecular weight excluding hydrogens is 409 g/mol. The van der Waals surface area contributed by atoms with E-state index < -0.39 is 24.6 Å². The zero-order valence-electron chi connectivity index (χ0n) is 17.8. The van der Waals surface area contributed by atoms with Crippen molar-refractivity contribution in [2.75, 3.05) is 0 Å². The highest BCUT2D eigenvalue weighted by molar-refractivity contribution is 5.99. The average Bonchev–Trinajstić information content (AvgIpc) is 3.56. The van der Waals surface area contributed by atoms with Crippen molar-refractivity contribution in [3.05, 3.63) is 71.2 Å². The Labute approximate surface area is 185 Å². The number of benzene rings is 2. The fraction of sp³-hybridized carbons (Fsp3) is 0.308. The first-order valence-corrected chi connectivity index (χ1v) is 10.8. The number of aromatic nitrogens is 1. The van der Waals surface area contributed by atoms with E-state index in [9.17, 15) is 19.4 Å². The van der Waals surface area contributed by atoms with Gasteiger partial charge in [0.25, 0.3) is 0 Å². The summed E-state index contributed by atoms with van der Waals surface area (Å²) >= 11 is 0. The Kier molecular flexibility index (Phi) is 6.35. The molecule has 1 aromatic heterocycles. The lowest BCUT2D eigenvalue weighted by Crippen LogP contribution is -2.19. The van der Waals surface area contributed by atoms with Gasteiger partial charge >= 0.3 is 5.97 Å². The normalized spacial score (nSPS) is 15.9. The van der Waals surface area contributed by atoms with Crippen LogP contribution in [0.15, 0.2) is 48.5 Å². The number of aryl methyl sites for hydroxylation is 1. The first-order valence-electron chi connectivity index (χ1n) is 10.8. The molecular formula is C26H26FNO4. The van der Waals surface area contributed by atoms with E-state index in [0.717, 1.165) is 51.7 Å². The van der Waals surface area contributed by atoms with E-state index in [1.54, 1.807) is 24.3 Å². The number of carboxylic acid groups (broad SMARTS) is 1. The molecule has 0 radical (unpaired) electrons. The first-order chi connectivity index (χ1) is 15.3. The fourth-order valence-electron chi connectivity index (χ4n) is 4.02. The SMILES string of the molecule is Cc1ccc2nc(C3CC3)c(C=CC(O)CC(O)CC(=O)O)c(-c3ccc(F)cc3)c2c1. The Morgan fingerprint density at radius 1 is 1.19 bits per heavy atom. The van der Waals surface area contributed by atoms with E-state index in [0.29, 0.717) is 5.92 Å². The lowest BCUT2D eigenvalue weighted by Gasteiger charge is -2.17. The molecule has 1 fully saturated rings. The van der Waals surface area contributed by atoms with Crippen LogP contribution in [0.5, 0.6) is 0 Å². The number of carbonyl (C=O) groups is 1. The largest absolute Gasteiger partial charge is 0.481 e. The van der Waals surface area contributed by atoms with Crippen LogP contribution in [-0.2, 0) is 4.79 Å². The quantitative estimate of drug-likeness (QED) is 0.472. The molecule has 3 aromatic rings. The molecule has 1 aliphatic rings. The number of pyridine rings is 1. The molecule has 0 bridgehead atoms. The summed E-state index contributed by atoms with van der Waals surface area (Å²) in [6.07, 6.45) is 2.81. The van der Waals surface area contributed by atoms with Crippen molar-refractivity contribution < 1.29 is 24.5 Å². The van der Waals surface area contributed by atoms with E-state index in [4.69, 9.17) is 10.1 Å². The zero-order chi connectivity index (χ0) is 22.8. The summed E-state index contributed by atoms with van der Waals surface area (Å²) < 4.78 is 13.6. The highest BCUT2D eigenvalue weighted by Crippen LogP contribution is 2.45. The maximum Gasteiger partial charge on any atom is 0.305 e. The molecule has 0 spiro atoms. The van der Waals surface area contributed by atoms with Gasteiger partial charge in [-0.2, -0.15) is 0 Å². The molecule has 0 aliphatic heterocycles. The van der Waals surface area contributed by atoms with Gasteiger partial charge in [0.1, 0.15) is 5.82 Å². The van der Waals surface area contributed by atoms with Gasteiger partial charge in [0.2, 0.25) is 0 Å². The summed E-state index contributed by atoms with van der Waals surface area (Å²) in [6.45, 7) is 2.01. The Hall–Kier alpha value is -3.09. The topological polar surface area (TPSA) is 90.7 Å². The predicted octanol–water partition coefficient (Wildman–Crippen LogP) is 4.83. The second-order valence-electron chi connectivity index (χ2n) is 8.50. The molecule has 2 atom stereocenters. The molecule has 3 N–H and O–H groups in total. The van der Waals surface area contributed by atoms with Crippen molar-refractivity contribution in [3.63, 3.8) is 0 Å². The number of rotatable bonds is 8. The summed E-state index contributed by atoms with van der Waals surface area (Å²) in [6, 6.07) is 12.4. The lowest BCUT2D eigenvalue weighted by molar-refractivity contribution is -0.139. The number of hydrogen-bond donors (Lipinski definition) is 3. The standard InChI is InChI=1S/C26H26FNO4/c1-15-2-11-23-22(12-15)25(16-5-7-18(27)8-6-16)21(26(28-23)17-3-4-17)10-9-19(29)13-20(30)14-24(31)32/h2,5-12,17,19-20,29-30H,3-4,13-14H2,1H3,(H,31,32). The van der Waals surface area contributed by atoms with Crippen molar-refractivity contribution >= 4 is 22.9 Å². The van der Waals surface area contributed by atoms with Crippen LogP contribution in [0.4, 0.5) is 4.39 Å². The third-order valence-electron chi connectivity index (χ3n) is 5.71. The van der Waals surface area contributed by atoms with Gasteiger partial charge in [-0.1, -0.05) is 35.9 Å². The number of hydrogen-bond acceptors (Lipinski definition) is 4. The lowest BCUT2D eigenvalue weighted by atomic mass is 9.91. The van der Waals surface area contributed by atoms with Gasteiger partial charge in [0.15, 0.2) is 0 Å². The van der Waals surface area contributed by atoms with Crippen LogP contribution >= 0.6 is 0 Å². The van der Waals surface area contributed by atoms with Crippen molar-refractivity contribution in [3.8, 4) is 11.1 Å². The Morgan fingerprint density at radius 2 is 1.91 bits per heavy atom. The number of fused-ring (bicyclic) bond motifs is 1. The number of aliphatic carboxylic acids is 1. The molecule has 4 rings (SSSR count). The van der Waals surface area contributed by atoms with Gasteiger partial charge < -0.3 is 15.3 Å². The van der Waals surface area contributed by atoms with Crippen LogP contribution in [0, 0.1) is 12.7 Å². The van der Waals surface area contributed by atoms with Crippen LogP contribution in [0.3, 0.4) is 0 Å². The number of aliphatic hydroxyl groups is 2. The fourth-order valence-corrected chi connectivity index (χ4v) is 4.02. The van der Waals surface area contributed by atoms with Gasteiger partial charge in [-0.25, -0.2) is 4.39 Å². The van der Waals surface area contributed by atoms with Crippen LogP contribution < -0.4 is 0 Å². The van der Waals surface area contributed by atoms with Crippen molar-refractivity contribution in [1.82, 2.24) is 4.98 Å². The Balaban J connectivity index is 1.82. The van der Waals surface area contributed by atoms with Gasteiger partial charge in [-0.3, -0.25) is 9.78 Å². The molecule has 1 saturated carbocycles. The van der Waals surface area contributed by atoms with E-state index in [1.165, 1.54) is 12.1 Å². The first kappa shape index (κ1) is 22.1. The molecule has 6 heteroatoms. The monoisotopic (exact) mass is 435 g/mol. The molecule has 1 heterocycles. The number of halogens is 1. The van der Waals surface area contributed by atoms with Gasteiger partial charge in [0.05, 0.1) is 29.8 Å². The minimum atomic E-state index is -1.14. The van der Waals surface area contributed by atoms with Gasteiger partial charge in [-0.05, 0) is 49.6 Å². The minimum Gasteiger partial charge on any atom is -0.481 e. The summed E-state index contributed by atoms with van der Waals surface area (Å²) in [4.78, 5) is 15.7. The second kappa shape index (κ2) is 9.18. The summed E-state index contributed by atoms with van der Waals surface area (Å²) in [5.41, 5.74) is 5.53. The highest BCUT2D eigenvalue weighted by atomic mass is 19.1. The molecule has 166 valence electrons. The average molecular weight is 435 g/mol. The summed E-state index contributed by atoms with van der Waals surface area (Å²) in [5.74, 6) is -1.10. The third-order valence-corrected chi connectivity index (χ3v) is 5.71. The molecule has 32 heavy (non-hydrogen) atoms. The summed E-state index contributed by atoms with van der Waals surface area (Å²) in [5, 5.41) is 30.0. The highest BCUT2D eigenvalue weighted by Gasteiger charge is 2.29. The molecule has 0 saturated heterocycles. The maximum atomic E-state index is 13.6. The molecule has 2 unspecified atom stereocenters. The van der Waals surface area contributed by atoms with E-state index in [1.807, 2.05) is 19.1 Å². The Morgan fingerprint density at radius 3 is 2.56 bits per heavy atom.